The van der Waals surface area contributed by atoms with Gasteiger partial charge in [0.15, 0.2) is 0 Å². The maximum absolute atomic E-state index is 11.1. The molecule has 98 valence electrons. The molecule has 0 unspecified atom stereocenters. The van der Waals surface area contributed by atoms with Gasteiger partial charge in [0.25, 0.3) is 0 Å². The third-order valence-corrected chi connectivity index (χ3v) is 2.32. The predicted molar refractivity (Wildman–Crippen MR) is 74.1 cm³/mol. The Morgan fingerprint density at radius 1 is 0.778 bits per heavy atom. The minimum Gasteiger partial charge on any atom is -0.386 e. The van der Waals surface area contributed by atoms with Crippen molar-refractivity contribution in [1.29, 1.82) is 0 Å². The van der Waals surface area contributed by atoms with E-state index in [1.807, 2.05) is 0 Å². The van der Waals surface area contributed by atoms with Gasteiger partial charge in [-0.3, -0.25) is 9.59 Å². The van der Waals surface area contributed by atoms with E-state index >= 15 is 0 Å². The molecule has 6 heteroatoms. The highest BCUT2D eigenvalue weighted by Crippen LogP contribution is 2.32. The van der Waals surface area contributed by atoms with E-state index < -0.39 is 0 Å². The average Bonchev–Trinajstić information content (AvgIpc) is 2.29. The van der Waals surface area contributed by atoms with Crippen LogP contribution in [0.25, 0.3) is 0 Å². The molecule has 0 atom stereocenters. The number of nitrogens with one attached hydrogen (secondary N) is 4. The molecule has 6 nitrogen and oxygen atoms in total. The number of hydrogen-bond donors (Lipinski definition) is 4. The van der Waals surface area contributed by atoms with Crippen LogP contribution in [-0.4, -0.2) is 25.9 Å². The first kappa shape index (κ1) is 13.8. The molecule has 2 amide bonds. The number of carbonyl (C=O) groups excluding carboxylic acids is 2. The molecule has 1 aromatic carbocycles. The van der Waals surface area contributed by atoms with E-state index in [2.05, 4.69) is 21.3 Å². The predicted octanol–water partition coefficient (Wildman–Crippen LogP) is 1.69. The smallest absolute Gasteiger partial charge is 0.221 e. The van der Waals surface area contributed by atoms with E-state index in [1.54, 1.807) is 26.2 Å². The van der Waals surface area contributed by atoms with Gasteiger partial charge in [0, 0.05) is 27.9 Å². The Bertz CT molecular complexity index is 428. The summed E-state index contributed by atoms with van der Waals surface area (Å²) >= 11 is 0. The molecule has 0 aromatic heterocycles. The molecule has 18 heavy (non-hydrogen) atoms. The molecule has 0 radical (unpaired) electrons. The van der Waals surface area contributed by atoms with Crippen LogP contribution in [0.4, 0.5) is 22.7 Å². The van der Waals surface area contributed by atoms with Crippen LogP contribution in [0.1, 0.15) is 13.8 Å². The van der Waals surface area contributed by atoms with Gasteiger partial charge >= 0.3 is 0 Å². The lowest BCUT2D eigenvalue weighted by Crippen LogP contribution is -2.12. The third kappa shape index (κ3) is 3.38. The minimum atomic E-state index is -0.152. The highest BCUT2D eigenvalue weighted by atomic mass is 16.2. The van der Waals surface area contributed by atoms with Crippen LogP contribution in [-0.2, 0) is 9.59 Å². The van der Waals surface area contributed by atoms with Crippen molar-refractivity contribution in [3.05, 3.63) is 12.1 Å². The number of carbonyl (C=O) groups is 2. The Hall–Kier alpha value is -2.24. The van der Waals surface area contributed by atoms with Crippen molar-refractivity contribution in [3.63, 3.8) is 0 Å². The van der Waals surface area contributed by atoms with Gasteiger partial charge in [0.05, 0.1) is 22.7 Å². The molecule has 0 aliphatic heterocycles. The summed E-state index contributed by atoms with van der Waals surface area (Å²) in [6.07, 6.45) is 0. The number of hydrogen-bond acceptors (Lipinski definition) is 4. The fourth-order valence-electron chi connectivity index (χ4n) is 1.60. The fourth-order valence-corrected chi connectivity index (χ4v) is 1.60. The van der Waals surface area contributed by atoms with Crippen LogP contribution in [0, 0.1) is 0 Å². The standard InChI is InChI=1S/C12H18N4O2/c1-7(17)15-11-5-10(14-4)12(16-8(2)18)6-9(11)13-3/h5-6,13-14H,1-4H3,(H,15,17)(H,16,18). The summed E-state index contributed by atoms with van der Waals surface area (Å²) in [6.45, 7) is 2.89. The first-order valence-electron chi connectivity index (χ1n) is 5.56. The Morgan fingerprint density at radius 3 is 1.33 bits per heavy atom. The summed E-state index contributed by atoms with van der Waals surface area (Å²) in [5.41, 5.74) is 2.77. The van der Waals surface area contributed by atoms with E-state index in [0.29, 0.717) is 11.4 Å². The van der Waals surface area contributed by atoms with Crippen molar-refractivity contribution in [3.8, 4) is 0 Å². The van der Waals surface area contributed by atoms with E-state index in [9.17, 15) is 9.59 Å². The lowest BCUT2D eigenvalue weighted by atomic mass is 10.2. The van der Waals surface area contributed by atoms with Crippen LogP contribution in [0.3, 0.4) is 0 Å². The number of rotatable bonds is 4. The van der Waals surface area contributed by atoms with Gasteiger partial charge in [-0.05, 0) is 12.1 Å². The number of anilines is 4. The summed E-state index contributed by atoms with van der Waals surface area (Å²) in [7, 11) is 3.49. The van der Waals surface area contributed by atoms with E-state index in [0.717, 1.165) is 11.4 Å². The van der Waals surface area contributed by atoms with E-state index in [4.69, 9.17) is 0 Å². The Morgan fingerprint density at radius 2 is 1.11 bits per heavy atom. The molecular formula is C12H18N4O2. The average molecular weight is 250 g/mol. The van der Waals surface area contributed by atoms with Gasteiger partial charge < -0.3 is 21.3 Å². The SMILES string of the molecule is CNc1cc(NC(C)=O)c(NC)cc1NC(C)=O. The van der Waals surface area contributed by atoms with Gasteiger partial charge in [-0.1, -0.05) is 0 Å². The maximum Gasteiger partial charge on any atom is 0.221 e. The lowest BCUT2D eigenvalue weighted by molar-refractivity contribution is -0.115. The van der Waals surface area contributed by atoms with Gasteiger partial charge in [-0.25, -0.2) is 0 Å². The first-order chi connectivity index (χ1) is 8.47. The van der Waals surface area contributed by atoms with Crippen molar-refractivity contribution in [2.75, 3.05) is 35.4 Å². The minimum absolute atomic E-state index is 0.152. The largest absolute Gasteiger partial charge is 0.386 e. The van der Waals surface area contributed by atoms with Crippen molar-refractivity contribution in [2.45, 2.75) is 13.8 Å². The van der Waals surface area contributed by atoms with Gasteiger partial charge in [0.2, 0.25) is 11.8 Å². The summed E-state index contributed by atoms with van der Waals surface area (Å²) in [5.74, 6) is -0.304. The van der Waals surface area contributed by atoms with Crippen molar-refractivity contribution in [1.82, 2.24) is 0 Å². The molecule has 4 N–H and O–H groups in total. The topological polar surface area (TPSA) is 82.3 Å². The highest BCUT2D eigenvalue weighted by molar-refractivity contribution is 5.99. The molecule has 0 heterocycles. The second-order valence-corrected chi connectivity index (χ2v) is 3.81. The summed E-state index contributed by atoms with van der Waals surface area (Å²) in [6, 6.07) is 3.52. The molecule has 1 aromatic rings. The van der Waals surface area contributed by atoms with Gasteiger partial charge in [-0.15, -0.1) is 0 Å². The Kier molecular flexibility index (Phi) is 4.53. The monoisotopic (exact) mass is 250 g/mol. The molecule has 0 bridgehead atoms. The quantitative estimate of drug-likeness (QED) is 0.655. The summed E-state index contributed by atoms with van der Waals surface area (Å²) in [4.78, 5) is 22.2. The molecule has 0 saturated heterocycles. The van der Waals surface area contributed by atoms with Crippen LogP contribution < -0.4 is 21.3 Å². The molecule has 0 aliphatic rings. The van der Waals surface area contributed by atoms with E-state index in [-0.39, 0.29) is 11.8 Å². The molecule has 0 fully saturated rings. The van der Waals surface area contributed by atoms with Crippen molar-refractivity contribution >= 4 is 34.6 Å². The summed E-state index contributed by atoms with van der Waals surface area (Å²) in [5, 5.41) is 11.4. The fraction of sp³-hybridized carbons (Fsp3) is 0.333. The second-order valence-electron chi connectivity index (χ2n) is 3.81. The van der Waals surface area contributed by atoms with Crippen LogP contribution >= 0.6 is 0 Å². The van der Waals surface area contributed by atoms with Gasteiger partial charge in [-0.2, -0.15) is 0 Å². The second kappa shape index (κ2) is 5.90. The highest BCUT2D eigenvalue weighted by Gasteiger charge is 2.10. The molecule has 0 aliphatic carbocycles. The third-order valence-electron chi connectivity index (χ3n) is 2.32. The zero-order valence-corrected chi connectivity index (χ0v) is 11.0. The molecule has 0 saturated carbocycles. The van der Waals surface area contributed by atoms with Crippen LogP contribution in [0.15, 0.2) is 12.1 Å². The van der Waals surface area contributed by atoms with Crippen LogP contribution in [0.2, 0.25) is 0 Å². The molecule has 0 spiro atoms. The summed E-state index contributed by atoms with van der Waals surface area (Å²) < 4.78 is 0. The van der Waals surface area contributed by atoms with Gasteiger partial charge in [0.1, 0.15) is 0 Å². The zero-order valence-electron chi connectivity index (χ0n) is 11.0. The number of benzene rings is 1. The maximum atomic E-state index is 11.1. The normalized spacial score (nSPS) is 9.56. The van der Waals surface area contributed by atoms with Crippen molar-refractivity contribution < 1.29 is 9.59 Å². The Labute approximate surface area is 106 Å². The molecular weight excluding hydrogens is 232 g/mol. The van der Waals surface area contributed by atoms with E-state index in [1.165, 1.54) is 13.8 Å². The Balaban J connectivity index is 3.22. The number of amides is 2. The first-order valence-corrected chi connectivity index (χ1v) is 5.56. The molecule has 1 rings (SSSR count). The zero-order chi connectivity index (χ0) is 13.7. The van der Waals surface area contributed by atoms with Crippen LogP contribution in [0.5, 0.6) is 0 Å². The lowest BCUT2D eigenvalue weighted by Gasteiger charge is -2.16. The van der Waals surface area contributed by atoms with Crippen molar-refractivity contribution in [2.24, 2.45) is 0 Å².